The molecular formula is C19H13OZr. The number of allylic oxidation sites excluding steroid dienone is 1. The van der Waals surface area contributed by atoms with Crippen molar-refractivity contribution >= 4 is 11.6 Å². The Hall–Kier alpha value is -1.66. The first kappa shape index (κ1) is 13.0. The second-order valence-electron chi connectivity index (χ2n) is 5.18. The Bertz CT molecular complexity index is 801. The van der Waals surface area contributed by atoms with E-state index in [-0.39, 0.29) is 0 Å². The van der Waals surface area contributed by atoms with Crippen LogP contribution in [0.15, 0.2) is 71.3 Å². The molecule has 1 aliphatic rings. The Balaban J connectivity index is 1.89. The molecule has 2 heteroatoms. The van der Waals surface area contributed by atoms with Gasteiger partial charge in [-0.2, -0.15) is 0 Å². The number of hydrogen-bond acceptors (Lipinski definition) is 1. The van der Waals surface area contributed by atoms with E-state index in [4.69, 9.17) is 4.42 Å². The SMILES string of the molecule is [Zr][CH]1C(c2ccco2)=Cc2c(-c3ccccc3)cccc21. The molecule has 1 heterocycles. The molecule has 0 radical (unpaired) electrons. The molecule has 21 heavy (non-hydrogen) atoms. The quantitative estimate of drug-likeness (QED) is 0.629. The van der Waals surface area contributed by atoms with Crippen LogP contribution in [-0.2, 0) is 24.7 Å². The molecule has 1 atom stereocenters. The normalized spacial score (nSPS) is 16.5. The standard InChI is InChI=1S/C19H13O.Zr/c1-2-6-14(7-3-1)17-9-4-8-15-12-16(13-18(15)17)19-10-5-11-20-19;/h1-13H;. The van der Waals surface area contributed by atoms with Gasteiger partial charge in [0.1, 0.15) is 0 Å². The van der Waals surface area contributed by atoms with Crippen LogP contribution in [0.4, 0.5) is 0 Å². The molecule has 0 spiro atoms. The van der Waals surface area contributed by atoms with Crippen molar-refractivity contribution in [2.24, 2.45) is 0 Å². The monoisotopic (exact) mass is 347 g/mol. The van der Waals surface area contributed by atoms with Crippen LogP contribution in [0.25, 0.3) is 22.8 Å². The van der Waals surface area contributed by atoms with E-state index in [1.54, 1.807) is 6.26 Å². The Kier molecular flexibility index (Phi) is 3.27. The van der Waals surface area contributed by atoms with Gasteiger partial charge in [0.15, 0.2) is 0 Å². The fraction of sp³-hybridized carbons (Fsp3) is 0.0526. The van der Waals surface area contributed by atoms with Crippen molar-refractivity contribution < 1.29 is 29.1 Å². The van der Waals surface area contributed by atoms with Crippen molar-refractivity contribution in [3.8, 4) is 11.1 Å². The average molecular weight is 349 g/mol. The van der Waals surface area contributed by atoms with Gasteiger partial charge in [-0.3, -0.25) is 0 Å². The molecular weight excluding hydrogens is 335 g/mol. The van der Waals surface area contributed by atoms with Gasteiger partial charge < -0.3 is 0 Å². The molecule has 99 valence electrons. The van der Waals surface area contributed by atoms with Crippen LogP contribution >= 0.6 is 0 Å². The van der Waals surface area contributed by atoms with Gasteiger partial charge >= 0.3 is 139 Å². The van der Waals surface area contributed by atoms with Gasteiger partial charge in [0, 0.05) is 0 Å². The number of hydrogen-bond donors (Lipinski definition) is 0. The van der Waals surface area contributed by atoms with Crippen LogP contribution < -0.4 is 0 Å². The third kappa shape index (κ3) is 2.19. The Morgan fingerprint density at radius 1 is 0.857 bits per heavy atom. The minimum atomic E-state index is 0.460. The van der Waals surface area contributed by atoms with Gasteiger partial charge in [0.05, 0.1) is 0 Å². The maximum absolute atomic E-state index is 5.61. The van der Waals surface area contributed by atoms with Gasteiger partial charge in [-0.25, -0.2) is 0 Å². The zero-order valence-electron chi connectivity index (χ0n) is 11.4. The summed E-state index contributed by atoms with van der Waals surface area (Å²) >= 11 is 1.50. The van der Waals surface area contributed by atoms with Crippen LogP contribution in [0, 0.1) is 0 Å². The van der Waals surface area contributed by atoms with E-state index in [9.17, 15) is 0 Å². The Morgan fingerprint density at radius 2 is 1.71 bits per heavy atom. The molecule has 0 fully saturated rings. The molecule has 0 N–H and O–H groups in total. The summed E-state index contributed by atoms with van der Waals surface area (Å²) in [5, 5.41) is 0. The summed E-state index contributed by atoms with van der Waals surface area (Å²) in [7, 11) is 0. The number of fused-ring (bicyclic) bond motifs is 1. The molecule has 2 aromatic carbocycles. The number of rotatable bonds is 2. The van der Waals surface area contributed by atoms with Crippen LogP contribution in [-0.4, -0.2) is 0 Å². The molecule has 1 aliphatic carbocycles. The van der Waals surface area contributed by atoms with Crippen molar-refractivity contribution in [2.75, 3.05) is 0 Å². The molecule has 1 nitrogen and oxygen atoms in total. The first-order valence-corrected chi connectivity index (χ1v) is 8.41. The average Bonchev–Trinajstić information content (AvgIpc) is 3.16. The summed E-state index contributed by atoms with van der Waals surface area (Å²) in [6, 6.07) is 21.2. The summed E-state index contributed by atoms with van der Waals surface area (Å²) in [5.74, 6) is 0.993. The summed E-state index contributed by atoms with van der Waals surface area (Å²) in [6.07, 6.45) is 4.05. The van der Waals surface area contributed by atoms with Crippen LogP contribution in [0.2, 0.25) is 0 Å². The second-order valence-corrected chi connectivity index (χ2v) is 6.60. The predicted octanol–water partition coefficient (Wildman–Crippen LogP) is 5.09. The van der Waals surface area contributed by atoms with E-state index >= 15 is 0 Å². The number of furan rings is 1. The van der Waals surface area contributed by atoms with Crippen molar-refractivity contribution in [1.82, 2.24) is 0 Å². The van der Waals surface area contributed by atoms with Crippen LogP contribution in [0.5, 0.6) is 0 Å². The van der Waals surface area contributed by atoms with Gasteiger partial charge in [0.25, 0.3) is 0 Å². The predicted molar refractivity (Wildman–Crippen MR) is 81.2 cm³/mol. The van der Waals surface area contributed by atoms with E-state index in [1.165, 1.54) is 52.5 Å². The van der Waals surface area contributed by atoms with Crippen molar-refractivity contribution in [3.05, 3.63) is 83.8 Å². The molecule has 0 amide bonds. The van der Waals surface area contributed by atoms with Crippen LogP contribution in [0.1, 0.15) is 20.5 Å². The summed E-state index contributed by atoms with van der Waals surface area (Å²) in [6.45, 7) is 0. The summed E-state index contributed by atoms with van der Waals surface area (Å²) in [5.41, 5.74) is 6.64. The van der Waals surface area contributed by atoms with E-state index in [1.807, 2.05) is 6.07 Å². The van der Waals surface area contributed by atoms with Gasteiger partial charge in [0.2, 0.25) is 0 Å². The van der Waals surface area contributed by atoms with E-state index < -0.39 is 0 Å². The molecule has 0 bridgehead atoms. The fourth-order valence-electron chi connectivity index (χ4n) is 2.93. The third-order valence-electron chi connectivity index (χ3n) is 3.95. The van der Waals surface area contributed by atoms with Gasteiger partial charge in [-0.1, -0.05) is 0 Å². The van der Waals surface area contributed by atoms with Crippen LogP contribution in [0.3, 0.4) is 0 Å². The first-order chi connectivity index (χ1) is 10.3. The zero-order valence-corrected chi connectivity index (χ0v) is 13.9. The number of benzene rings is 2. The van der Waals surface area contributed by atoms with E-state index in [0.29, 0.717) is 3.63 Å². The Morgan fingerprint density at radius 3 is 2.48 bits per heavy atom. The van der Waals surface area contributed by atoms with E-state index in [0.717, 1.165) is 5.76 Å². The second kappa shape index (κ2) is 5.27. The molecule has 0 saturated carbocycles. The third-order valence-corrected chi connectivity index (χ3v) is 5.48. The van der Waals surface area contributed by atoms with Crippen molar-refractivity contribution in [3.63, 3.8) is 0 Å². The Labute approximate surface area is 139 Å². The summed E-state index contributed by atoms with van der Waals surface area (Å²) in [4.78, 5) is 0. The molecule has 0 aliphatic heterocycles. The molecule has 3 aromatic rings. The molecule has 0 saturated heterocycles. The van der Waals surface area contributed by atoms with E-state index in [2.05, 4.69) is 60.7 Å². The zero-order chi connectivity index (χ0) is 14.2. The minimum absolute atomic E-state index is 0.460. The first-order valence-electron chi connectivity index (χ1n) is 6.99. The van der Waals surface area contributed by atoms with Gasteiger partial charge in [-0.05, 0) is 0 Å². The van der Waals surface area contributed by atoms with Gasteiger partial charge in [-0.15, -0.1) is 0 Å². The van der Waals surface area contributed by atoms with Crippen molar-refractivity contribution in [2.45, 2.75) is 3.63 Å². The van der Waals surface area contributed by atoms with Crippen molar-refractivity contribution in [1.29, 1.82) is 0 Å². The topological polar surface area (TPSA) is 13.1 Å². The summed E-state index contributed by atoms with van der Waals surface area (Å²) < 4.78 is 6.07. The molecule has 1 aromatic heterocycles. The fourth-order valence-corrected chi connectivity index (χ4v) is 4.10. The molecule has 4 rings (SSSR count). The molecule has 1 unspecified atom stereocenters. The maximum atomic E-state index is 5.61.